The number of nitrogens with one attached hydrogen (secondary N) is 1. The molecule has 4 rings (SSSR count). The molecule has 4 heteroatoms. The first-order chi connectivity index (χ1) is 11.6. The van der Waals surface area contributed by atoms with Gasteiger partial charge < -0.3 is 10.4 Å². The van der Waals surface area contributed by atoms with Crippen molar-refractivity contribution in [1.29, 1.82) is 0 Å². The summed E-state index contributed by atoms with van der Waals surface area (Å²) in [6.45, 7) is 0. The molecule has 0 aliphatic carbocycles. The molecule has 2 N–H and O–H groups in total. The summed E-state index contributed by atoms with van der Waals surface area (Å²) >= 11 is 6.38. The Morgan fingerprint density at radius 1 is 0.917 bits per heavy atom. The molecule has 0 unspecified atom stereocenters. The van der Waals surface area contributed by atoms with Crippen molar-refractivity contribution < 1.29 is 9.90 Å². The Labute approximate surface area is 144 Å². The number of anilines is 1. The molecule has 1 aliphatic rings. The van der Waals surface area contributed by atoms with Crippen LogP contribution < -0.4 is 5.32 Å². The van der Waals surface area contributed by atoms with Gasteiger partial charge in [0.2, 0.25) is 5.91 Å². The average molecular weight is 336 g/mol. The van der Waals surface area contributed by atoms with Crippen molar-refractivity contribution in [3.8, 4) is 28.0 Å². The topological polar surface area (TPSA) is 49.3 Å². The van der Waals surface area contributed by atoms with Crippen molar-refractivity contribution in [3.05, 3.63) is 71.2 Å². The first-order valence-corrected chi connectivity index (χ1v) is 8.01. The van der Waals surface area contributed by atoms with Crippen LogP contribution in [0.3, 0.4) is 0 Å². The lowest BCUT2D eigenvalue weighted by Crippen LogP contribution is -2.03. The number of hydrogen-bond donors (Lipinski definition) is 2. The van der Waals surface area contributed by atoms with E-state index in [2.05, 4.69) is 5.32 Å². The van der Waals surface area contributed by atoms with Crippen molar-refractivity contribution >= 4 is 23.2 Å². The van der Waals surface area contributed by atoms with Crippen LogP contribution in [0.4, 0.5) is 5.69 Å². The van der Waals surface area contributed by atoms with Gasteiger partial charge in [-0.3, -0.25) is 4.79 Å². The molecule has 0 saturated heterocycles. The minimum atomic E-state index is -0.00637. The van der Waals surface area contributed by atoms with Crippen LogP contribution in [0.2, 0.25) is 5.02 Å². The summed E-state index contributed by atoms with van der Waals surface area (Å²) in [6.07, 6.45) is 0.384. The van der Waals surface area contributed by atoms with Crippen LogP contribution in [-0.2, 0) is 11.2 Å². The van der Waals surface area contributed by atoms with Crippen molar-refractivity contribution in [2.24, 2.45) is 0 Å². The quantitative estimate of drug-likeness (QED) is 0.701. The highest BCUT2D eigenvalue weighted by Crippen LogP contribution is 2.37. The van der Waals surface area contributed by atoms with Gasteiger partial charge in [0.05, 0.1) is 11.4 Å². The molecule has 3 aromatic rings. The molecule has 3 aromatic carbocycles. The molecule has 0 saturated carbocycles. The van der Waals surface area contributed by atoms with Gasteiger partial charge in [-0.1, -0.05) is 54.1 Å². The first-order valence-electron chi connectivity index (χ1n) is 7.63. The lowest BCUT2D eigenvalue weighted by atomic mass is 9.98. The molecule has 1 heterocycles. The van der Waals surface area contributed by atoms with Crippen LogP contribution >= 0.6 is 11.6 Å². The Kier molecular flexibility index (Phi) is 3.51. The number of carbonyl (C=O) groups excluding carboxylic acids is 1. The van der Waals surface area contributed by atoms with E-state index in [4.69, 9.17) is 11.6 Å². The van der Waals surface area contributed by atoms with Crippen LogP contribution in [0.15, 0.2) is 60.7 Å². The first kappa shape index (κ1) is 14.8. The fraction of sp³-hybridized carbons (Fsp3) is 0.0500. The smallest absolute Gasteiger partial charge is 0.228 e. The van der Waals surface area contributed by atoms with E-state index in [1.807, 2.05) is 42.5 Å². The maximum Gasteiger partial charge on any atom is 0.228 e. The Bertz CT molecular complexity index is 948. The number of benzene rings is 3. The van der Waals surface area contributed by atoms with Crippen LogP contribution in [0.5, 0.6) is 5.75 Å². The highest BCUT2D eigenvalue weighted by Gasteiger charge is 2.20. The Balaban J connectivity index is 1.73. The maximum absolute atomic E-state index is 11.5. The van der Waals surface area contributed by atoms with E-state index in [0.717, 1.165) is 33.5 Å². The molecule has 0 radical (unpaired) electrons. The Morgan fingerprint density at radius 3 is 2.29 bits per heavy atom. The monoisotopic (exact) mass is 335 g/mol. The third-order valence-corrected chi connectivity index (χ3v) is 4.54. The van der Waals surface area contributed by atoms with Gasteiger partial charge >= 0.3 is 0 Å². The number of rotatable bonds is 2. The molecule has 1 amide bonds. The molecular formula is C20H14ClNO2. The van der Waals surface area contributed by atoms with E-state index in [0.29, 0.717) is 11.4 Å². The largest absolute Gasteiger partial charge is 0.507 e. The van der Waals surface area contributed by atoms with Gasteiger partial charge in [0, 0.05) is 16.8 Å². The molecule has 0 fully saturated rings. The van der Waals surface area contributed by atoms with Crippen LogP contribution in [0.1, 0.15) is 5.56 Å². The second-order valence-electron chi connectivity index (χ2n) is 5.81. The summed E-state index contributed by atoms with van der Waals surface area (Å²) in [7, 11) is 0. The molecule has 0 atom stereocenters. The number of fused-ring (bicyclic) bond motifs is 1. The lowest BCUT2D eigenvalue weighted by molar-refractivity contribution is -0.115. The predicted octanol–water partition coefficient (Wildman–Crippen LogP) is 4.87. The second-order valence-corrected chi connectivity index (χ2v) is 6.22. The van der Waals surface area contributed by atoms with Gasteiger partial charge in [-0.2, -0.15) is 0 Å². The SMILES string of the molecule is O=C1Cc2cc(-c3ccc(-c4ccccc4O)cc3)c(Cl)cc2N1. The van der Waals surface area contributed by atoms with Gasteiger partial charge in [-0.25, -0.2) is 0 Å². The average Bonchev–Trinajstić information content (AvgIpc) is 2.94. The molecule has 1 aliphatic heterocycles. The summed E-state index contributed by atoms with van der Waals surface area (Å²) in [6, 6.07) is 18.9. The fourth-order valence-electron chi connectivity index (χ4n) is 3.02. The summed E-state index contributed by atoms with van der Waals surface area (Å²) in [5.74, 6) is 0.249. The molecule has 0 bridgehead atoms. The molecule has 0 aromatic heterocycles. The van der Waals surface area contributed by atoms with Gasteiger partial charge in [-0.05, 0) is 34.9 Å². The number of aromatic hydroxyl groups is 1. The number of halogens is 1. The third kappa shape index (κ3) is 2.53. The van der Waals surface area contributed by atoms with Crippen LogP contribution in [-0.4, -0.2) is 11.0 Å². The zero-order valence-corrected chi connectivity index (χ0v) is 13.5. The number of amides is 1. The van der Waals surface area contributed by atoms with Crippen LogP contribution in [0.25, 0.3) is 22.3 Å². The van der Waals surface area contributed by atoms with Gasteiger partial charge in [0.15, 0.2) is 0 Å². The second kappa shape index (κ2) is 5.69. The number of phenolic OH excluding ortho intramolecular Hbond substituents is 1. The van der Waals surface area contributed by atoms with E-state index in [9.17, 15) is 9.90 Å². The van der Waals surface area contributed by atoms with Crippen molar-refractivity contribution in [2.75, 3.05) is 5.32 Å². The predicted molar refractivity (Wildman–Crippen MR) is 96.3 cm³/mol. The summed E-state index contributed by atoms with van der Waals surface area (Å²) < 4.78 is 0. The number of hydrogen-bond acceptors (Lipinski definition) is 2. The van der Waals surface area contributed by atoms with E-state index in [1.165, 1.54) is 0 Å². The maximum atomic E-state index is 11.5. The summed E-state index contributed by atoms with van der Waals surface area (Å²) in [5.41, 5.74) is 5.35. The molecule has 24 heavy (non-hydrogen) atoms. The number of phenols is 1. The zero-order chi connectivity index (χ0) is 16.7. The van der Waals surface area contributed by atoms with Crippen LogP contribution in [0, 0.1) is 0 Å². The lowest BCUT2D eigenvalue weighted by Gasteiger charge is -2.10. The molecule has 0 spiro atoms. The normalized spacial score (nSPS) is 12.8. The summed E-state index contributed by atoms with van der Waals surface area (Å²) in [4.78, 5) is 11.5. The van der Waals surface area contributed by atoms with Crippen molar-refractivity contribution in [2.45, 2.75) is 6.42 Å². The minimum Gasteiger partial charge on any atom is -0.507 e. The van der Waals surface area contributed by atoms with Gasteiger partial charge in [0.25, 0.3) is 0 Å². The van der Waals surface area contributed by atoms with Crippen molar-refractivity contribution in [3.63, 3.8) is 0 Å². The summed E-state index contributed by atoms with van der Waals surface area (Å²) in [5, 5.41) is 13.4. The van der Waals surface area contributed by atoms with E-state index in [-0.39, 0.29) is 11.7 Å². The third-order valence-electron chi connectivity index (χ3n) is 4.23. The van der Waals surface area contributed by atoms with E-state index in [1.54, 1.807) is 18.2 Å². The highest BCUT2D eigenvalue weighted by molar-refractivity contribution is 6.34. The van der Waals surface area contributed by atoms with Gasteiger partial charge in [-0.15, -0.1) is 0 Å². The standard InChI is InChI=1S/C20H14ClNO2/c21-17-11-18-14(10-20(24)22-18)9-16(17)13-7-5-12(6-8-13)15-3-1-2-4-19(15)23/h1-9,11,23H,10H2,(H,22,24). The zero-order valence-electron chi connectivity index (χ0n) is 12.7. The van der Waals surface area contributed by atoms with E-state index < -0.39 is 0 Å². The van der Waals surface area contributed by atoms with Gasteiger partial charge in [0.1, 0.15) is 5.75 Å². The Hall–Kier alpha value is -2.78. The number of para-hydroxylation sites is 1. The highest BCUT2D eigenvalue weighted by atomic mass is 35.5. The Morgan fingerprint density at radius 2 is 1.58 bits per heavy atom. The number of carbonyl (C=O) groups is 1. The minimum absolute atomic E-state index is 0.00637. The molecule has 118 valence electrons. The van der Waals surface area contributed by atoms with E-state index >= 15 is 0 Å². The van der Waals surface area contributed by atoms with Crippen molar-refractivity contribution in [1.82, 2.24) is 0 Å². The molecular weight excluding hydrogens is 322 g/mol. The molecule has 3 nitrogen and oxygen atoms in total. The fourth-order valence-corrected chi connectivity index (χ4v) is 3.29.